The summed E-state index contributed by atoms with van der Waals surface area (Å²) in [5, 5.41) is 16.3. The van der Waals surface area contributed by atoms with Crippen LogP contribution in [0, 0.1) is 25.2 Å². The molecule has 4 rings (SSSR count). The minimum absolute atomic E-state index is 0.0377. The fourth-order valence-electron chi connectivity index (χ4n) is 4.26. The second kappa shape index (κ2) is 10.5. The summed E-state index contributed by atoms with van der Waals surface area (Å²) < 4.78 is 7.01. The first kappa shape index (κ1) is 24.2. The van der Waals surface area contributed by atoms with Gasteiger partial charge in [-0.3, -0.25) is 9.59 Å². The quantitative estimate of drug-likeness (QED) is 0.556. The van der Waals surface area contributed by atoms with Crippen molar-refractivity contribution in [2.75, 3.05) is 50.1 Å². The lowest BCUT2D eigenvalue weighted by molar-refractivity contribution is -0.133. The molecule has 182 valence electrons. The van der Waals surface area contributed by atoms with E-state index in [1.165, 1.54) is 11.1 Å². The standard InChI is InChI=1S/C25H29N7O3/c1-17-22(18(2)32-25(28-17)19(14-26)15-27-32)8-9-24(34)30(3)16-23(33)29-20-4-6-21(7-5-20)31-10-12-35-13-11-31/h4-7,15H,8-13,16H2,1-3H3,(H,29,33). The number of nitrogens with zero attached hydrogens (tertiary/aromatic N) is 6. The fraction of sp³-hybridized carbons (Fsp3) is 0.400. The molecule has 0 unspecified atom stereocenters. The van der Waals surface area contributed by atoms with Gasteiger partial charge < -0.3 is 19.9 Å². The maximum atomic E-state index is 12.7. The van der Waals surface area contributed by atoms with Gasteiger partial charge in [-0.15, -0.1) is 0 Å². The van der Waals surface area contributed by atoms with Crippen LogP contribution >= 0.6 is 0 Å². The number of carbonyl (C=O) groups excluding carboxylic acids is 2. The molecule has 35 heavy (non-hydrogen) atoms. The number of aryl methyl sites for hydroxylation is 2. The van der Waals surface area contributed by atoms with Crippen LogP contribution in [0.25, 0.3) is 5.65 Å². The molecule has 0 saturated carbocycles. The number of rotatable bonds is 7. The Morgan fingerprint density at radius 3 is 2.60 bits per heavy atom. The average molecular weight is 476 g/mol. The molecule has 10 nitrogen and oxygen atoms in total. The van der Waals surface area contributed by atoms with Crippen molar-refractivity contribution in [3.8, 4) is 6.07 Å². The number of carbonyl (C=O) groups is 2. The zero-order chi connectivity index (χ0) is 24.9. The molecule has 1 saturated heterocycles. The summed E-state index contributed by atoms with van der Waals surface area (Å²) in [7, 11) is 1.62. The summed E-state index contributed by atoms with van der Waals surface area (Å²) >= 11 is 0. The van der Waals surface area contributed by atoms with Crippen LogP contribution in [0.4, 0.5) is 11.4 Å². The van der Waals surface area contributed by atoms with Crippen LogP contribution in [0.15, 0.2) is 30.5 Å². The van der Waals surface area contributed by atoms with E-state index in [-0.39, 0.29) is 24.8 Å². The summed E-state index contributed by atoms with van der Waals surface area (Å²) in [5.74, 6) is -0.393. The predicted octanol–water partition coefficient (Wildman–Crippen LogP) is 2.08. The number of aromatic nitrogens is 3. The van der Waals surface area contributed by atoms with Crippen molar-refractivity contribution in [1.82, 2.24) is 19.5 Å². The van der Waals surface area contributed by atoms with Gasteiger partial charge in [0.25, 0.3) is 0 Å². The van der Waals surface area contributed by atoms with Crippen molar-refractivity contribution < 1.29 is 14.3 Å². The van der Waals surface area contributed by atoms with E-state index in [4.69, 9.17) is 4.74 Å². The van der Waals surface area contributed by atoms with Crippen molar-refractivity contribution in [2.24, 2.45) is 0 Å². The molecule has 0 spiro atoms. The normalized spacial score (nSPS) is 13.5. The molecule has 0 bridgehead atoms. The molecule has 0 atom stereocenters. The lowest BCUT2D eigenvalue weighted by atomic mass is 10.1. The maximum Gasteiger partial charge on any atom is 0.243 e. The number of hydrogen-bond acceptors (Lipinski definition) is 7. The lowest BCUT2D eigenvalue weighted by Gasteiger charge is -2.28. The fourth-order valence-corrected chi connectivity index (χ4v) is 4.26. The van der Waals surface area contributed by atoms with Gasteiger partial charge >= 0.3 is 0 Å². The van der Waals surface area contributed by atoms with Gasteiger partial charge in [0.1, 0.15) is 11.6 Å². The number of nitriles is 1. The summed E-state index contributed by atoms with van der Waals surface area (Å²) in [6, 6.07) is 9.78. The third kappa shape index (κ3) is 5.41. The summed E-state index contributed by atoms with van der Waals surface area (Å²) in [6.07, 6.45) is 2.20. The number of benzene rings is 1. The van der Waals surface area contributed by atoms with Gasteiger partial charge in [-0.1, -0.05) is 0 Å². The highest BCUT2D eigenvalue weighted by atomic mass is 16.5. The van der Waals surface area contributed by atoms with Gasteiger partial charge in [-0.25, -0.2) is 9.50 Å². The minimum atomic E-state index is -0.254. The van der Waals surface area contributed by atoms with Crippen LogP contribution in [0.1, 0.15) is 28.9 Å². The Morgan fingerprint density at radius 2 is 1.91 bits per heavy atom. The smallest absolute Gasteiger partial charge is 0.243 e. The number of ether oxygens (including phenoxy) is 1. The number of anilines is 2. The van der Waals surface area contributed by atoms with E-state index in [1.54, 1.807) is 11.6 Å². The number of fused-ring (bicyclic) bond motifs is 1. The van der Waals surface area contributed by atoms with Gasteiger partial charge in [0.15, 0.2) is 5.65 Å². The molecule has 2 aromatic heterocycles. The zero-order valence-corrected chi connectivity index (χ0v) is 20.2. The van der Waals surface area contributed by atoms with Crippen LogP contribution in [-0.2, 0) is 20.7 Å². The maximum absolute atomic E-state index is 12.7. The monoisotopic (exact) mass is 475 g/mol. The molecule has 0 aliphatic carbocycles. The van der Waals surface area contributed by atoms with Crippen molar-refractivity contribution in [2.45, 2.75) is 26.7 Å². The van der Waals surface area contributed by atoms with Crippen molar-refractivity contribution in [3.05, 3.63) is 53.0 Å². The number of amides is 2. The van der Waals surface area contributed by atoms with Crippen LogP contribution in [0.2, 0.25) is 0 Å². The number of nitrogens with one attached hydrogen (secondary N) is 1. The number of morpholine rings is 1. The zero-order valence-electron chi connectivity index (χ0n) is 20.2. The summed E-state index contributed by atoms with van der Waals surface area (Å²) in [6.45, 7) is 6.86. The number of likely N-dealkylation sites (N-methyl/N-ethyl adjacent to an activating group) is 1. The first-order valence-corrected chi connectivity index (χ1v) is 11.6. The van der Waals surface area contributed by atoms with Crippen LogP contribution in [0.5, 0.6) is 0 Å². The third-order valence-electron chi connectivity index (χ3n) is 6.25. The van der Waals surface area contributed by atoms with Gasteiger partial charge in [-0.05, 0) is 50.1 Å². The Bertz CT molecular complexity index is 1270. The van der Waals surface area contributed by atoms with Gasteiger partial charge in [0.05, 0.1) is 26.0 Å². The van der Waals surface area contributed by atoms with E-state index >= 15 is 0 Å². The van der Waals surface area contributed by atoms with Crippen LogP contribution in [0.3, 0.4) is 0 Å². The molecular formula is C25H29N7O3. The van der Waals surface area contributed by atoms with Crippen LogP contribution < -0.4 is 10.2 Å². The average Bonchev–Trinajstić information content (AvgIpc) is 3.27. The highest BCUT2D eigenvalue weighted by Crippen LogP contribution is 2.20. The number of hydrogen-bond donors (Lipinski definition) is 1. The Hall–Kier alpha value is -3.97. The third-order valence-corrected chi connectivity index (χ3v) is 6.25. The minimum Gasteiger partial charge on any atom is -0.378 e. The Labute approximate surface area is 204 Å². The Morgan fingerprint density at radius 1 is 1.20 bits per heavy atom. The molecule has 3 aromatic rings. The molecule has 2 amide bonds. The molecule has 1 aliphatic rings. The molecule has 1 aromatic carbocycles. The molecule has 1 aliphatic heterocycles. The van der Waals surface area contributed by atoms with E-state index in [0.717, 1.165) is 35.7 Å². The van der Waals surface area contributed by atoms with Gasteiger partial charge in [0, 0.05) is 49.3 Å². The topological polar surface area (TPSA) is 116 Å². The highest BCUT2D eigenvalue weighted by Gasteiger charge is 2.18. The lowest BCUT2D eigenvalue weighted by Crippen LogP contribution is -2.36. The molecule has 3 heterocycles. The SMILES string of the molecule is Cc1nc2c(C#N)cnn2c(C)c1CCC(=O)N(C)CC(=O)Nc1ccc(N2CCOCC2)cc1. The molecule has 10 heteroatoms. The summed E-state index contributed by atoms with van der Waals surface area (Å²) in [5.41, 5.74) is 5.25. The highest BCUT2D eigenvalue weighted by molar-refractivity contribution is 5.94. The van der Waals surface area contributed by atoms with Crippen LogP contribution in [-0.4, -0.2) is 71.2 Å². The second-order valence-electron chi connectivity index (χ2n) is 8.61. The van der Waals surface area contributed by atoms with Crippen molar-refractivity contribution >= 4 is 28.8 Å². The first-order valence-electron chi connectivity index (χ1n) is 11.6. The first-order chi connectivity index (χ1) is 16.9. The van der Waals surface area contributed by atoms with E-state index in [0.29, 0.717) is 36.5 Å². The Balaban J connectivity index is 1.30. The predicted molar refractivity (Wildman–Crippen MR) is 131 cm³/mol. The van der Waals surface area contributed by atoms with Crippen molar-refractivity contribution in [3.63, 3.8) is 0 Å². The van der Waals surface area contributed by atoms with E-state index in [2.05, 4.69) is 26.4 Å². The second-order valence-corrected chi connectivity index (χ2v) is 8.61. The van der Waals surface area contributed by atoms with E-state index in [1.807, 2.05) is 38.1 Å². The van der Waals surface area contributed by atoms with E-state index in [9.17, 15) is 14.9 Å². The largest absolute Gasteiger partial charge is 0.378 e. The van der Waals surface area contributed by atoms with E-state index < -0.39 is 0 Å². The molecule has 1 N–H and O–H groups in total. The Kier molecular flexibility index (Phi) is 7.27. The van der Waals surface area contributed by atoms with Gasteiger partial charge in [-0.2, -0.15) is 10.4 Å². The molecule has 0 radical (unpaired) electrons. The molecule has 1 fully saturated rings. The summed E-state index contributed by atoms with van der Waals surface area (Å²) in [4.78, 5) is 33.4. The van der Waals surface area contributed by atoms with Crippen molar-refractivity contribution in [1.29, 1.82) is 5.26 Å². The molecular weight excluding hydrogens is 446 g/mol. The van der Waals surface area contributed by atoms with Gasteiger partial charge in [0.2, 0.25) is 11.8 Å².